The molecule has 1 heterocycles. The third-order valence-corrected chi connectivity index (χ3v) is 7.72. The van der Waals surface area contributed by atoms with E-state index >= 15 is 0 Å². The average molecular weight is 444 g/mol. The Morgan fingerprint density at radius 3 is 2.39 bits per heavy atom. The maximum Gasteiger partial charge on any atom is 0.223 e. The highest BCUT2D eigenvalue weighted by Gasteiger charge is 2.30. The van der Waals surface area contributed by atoms with Crippen LogP contribution in [0.5, 0.6) is 5.75 Å². The summed E-state index contributed by atoms with van der Waals surface area (Å²) in [5.41, 5.74) is 5.51. The summed E-state index contributed by atoms with van der Waals surface area (Å²) in [6.07, 6.45) is 0.902. The zero-order chi connectivity index (χ0) is 22.6. The number of sulfone groups is 1. The summed E-state index contributed by atoms with van der Waals surface area (Å²) >= 11 is 0. The number of carbonyl (C=O) groups is 1. The second kappa shape index (κ2) is 9.86. The van der Waals surface area contributed by atoms with Crippen LogP contribution < -0.4 is 4.74 Å². The molecule has 0 radical (unpaired) electrons. The number of benzene rings is 2. The molecule has 1 aliphatic rings. The lowest BCUT2D eigenvalue weighted by molar-refractivity contribution is -0.132. The monoisotopic (exact) mass is 443 g/mol. The van der Waals surface area contributed by atoms with Crippen molar-refractivity contribution in [3.8, 4) is 5.75 Å². The largest absolute Gasteiger partial charge is 0.488 e. The maximum atomic E-state index is 12.8. The highest BCUT2D eigenvalue weighted by Crippen LogP contribution is 2.27. The van der Waals surface area contributed by atoms with E-state index in [1.165, 1.54) is 5.56 Å². The van der Waals surface area contributed by atoms with Crippen LogP contribution in [0.1, 0.15) is 47.6 Å². The van der Waals surface area contributed by atoms with Crippen molar-refractivity contribution in [2.24, 2.45) is 5.92 Å². The van der Waals surface area contributed by atoms with Gasteiger partial charge in [-0.15, -0.1) is 0 Å². The minimum atomic E-state index is -2.96. The maximum absolute atomic E-state index is 12.8. The number of ether oxygens (including phenoxy) is 1. The lowest BCUT2D eigenvalue weighted by Gasteiger charge is -2.23. The number of hydrogen-bond acceptors (Lipinski definition) is 4. The highest BCUT2D eigenvalue weighted by atomic mass is 32.2. The molecule has 1 fully saturated rings. The number of aryl methyl sites for hydroxylation is 3. The van der Waals surface area contributed by atoms with Crippen LogP contribution in [-0.4, -0.2) is 37.3 Å². The SMILES string of the molecule is CCN(Cc1cc(C)c(OCc2cccc(C)c2)c(C)c1)C(=O)C[C@H]1CCS(=O)(=O)C1. The van der Waals surface area contributed by atoms with Crippen molar-refractivity contribution in [1.29, 1.82) is 0 Å². The second-order valence-electron chi connectivity index (χ2n) is 8.72. The molecule has 0 spiro atoms. The van der Waals surface area contributed by atoms with Crippen LogP contribution in [0.2, 0.25) is 0 Å². The van der Waals surface area contributed by atoms with Crippen molar-refractivity contribution < 1.29 is 17.9 Å². The predicted octanol–water partition coefficient (Wildman–Crippen LogP) is 4.36. The molecule has 2 aromatic carbocycles. The predicted molar refractivity (Wildman–Crippen MR) is 124 cm³/mol. The molecule has 0 saturated carbocycles. The molecule has 31 heavy (non-hydrogen) atoms. The molecular formula is C25H33NO4S. The first-order chi connectivity index (χ1) is 14.7. The summed E-state index contributed by atoms with van der Waals surface area (Å²) in [6.45, 7) is 9.74. The summed E-state index contributed by atoms with van der Waals surface area (Å²) in [4.78, 5) is 14.6. The van der Waals surface area contributed by atoms with Gasteiger partial charge in [0, 0.05) is 19.5 Å². The third kappa shape index (κ3) is 6.33. The topological polar surface area (TPSA) is 63.7 Å². The molecular weight excluding hydrogens is 410 g/mol. The number of carbonyl (C=O) groups excluding carboxylic acids is 1. The van der Waals surface area contributed by atoms with Crippen molar-refractivity contribution in [1.82, 2.24) is 4.90 Å². The Hall–Kier alpha value is -2.34. The molecule has 0 aliphatic carbocycles. The van der Waals surface area contributed by atoms with Crippen molar-refractivity contribution in [3.05, 3.63) is 64.2 Å². The van der Waals surface area contributed by atoms with Gasteiger partial charge in [-0.25, -0.2) is 8.42 Å². The molecule has 0 N–H and O–H groups in total. The minimum Gasteiger partial charge on any atom is -0.488 e. The molecule has 5 nitrogen and oxygen atoms in total. The van der Waals surface area contributed by atoms with Crippen LogP contribution in [0.4, 0.5) is 0 Å². The van der Waals surface area contributed by atoms with Gasteiger partial charge in [-0.3, -0.25) is 4.79 Å². The Labute approximate surface area is 186 Å². The van der Waals surface area contributed by atoms with E-state index in [1.807, 2.05) is 31.7 Å². The first-order valence-electron chi connectivity index (χ1n) is 10.9. The van der Waals surface area contributed by atoms with Crippen molar-refractivity contribution in [2.45, 2.75) is 53.7 Å². The fourth-order valence-electron chi connectivity index (χ4n) is 4.32. The molecule has 6 heteroatoms. The van der Waals surface area contributed by atoms with Gasteiger partial charge in [0.25, 0.3) is 0 Å². The first kappa shape index (κ1) is 23.3. The molecule has 2 aromatic rings. The van der Waals surface area contributed by atoms with Gasteiger partial charge in [-0.1, -0.05) is 42.0 Å². The second-order valence-corrected chi connectivity index (χ2v) is 10.9. The van der Waals surface area contributed by atoms with Gasteiger partial charge in [0.15, 0.2) is 9.84 Å². The Morgan fingerprint density at radius 2 is 1.81 bits per heavy atom. The van der Waals surface area contributed by atoms with Gasteiger partial charge < -0.3 is 9.64 Å². The zero-order valence-electron chi connectivity index (χ0n) is 19.0. The summed E-state index contributed by atoms with van der Waals surface area (Å²) in [6, 6.07) is 12.4. The van der Waals surface area contributed by atoms with Gasteiger partial charge in [0.1, 0.15) is 12.4 Å². The number of rotatable bonds is 8. The van der Waals surface area contributed by atoms with E-state index in [0.29, 0.717) is 32.5 Å². The van der Waals surface area contributed by atoms with E-state index in [4.69, 9.17) is 4.74 Å². The molecule has 168 valence electrons. The van der Waals surface area contributed by atoms with Gasteiger partial charge >= 0.3 is 0 Å². The van der Waals surface area contributed by atoms with E-state index in [2.05, 4.69) is 37.3 Å². The summed E-state index contributed by atoms with van der Waals surface area (Å²) in [5.74, 6) is 1.21. The Bertz CT molecular complexity index is 1020. The lowest BCUT2D eigenvalue weighted by Crippen LogP contribution is -2.32. The van der Waals surface area contributed by atoms with Gasteiger partial charge in [-0.05, 0) is 62.3 Å². The molecule has 0 aromatic heterocycles. The Kier molecular flexibility index (Phi) is 7.42. The minimum absolute atomic E-state index is 0.0275. The van der Waals surface area contributed by atoms with Crippen molar-refractivity contribution >= 4 is 15.7 Å². The van der Waals surface area contributed by atoms with Crippen molar-refractivity contribution in [2.75, 3.05) is 18.1 Å². The van der Waals surface area contributed by atoms with Crippen LogP contribution >= 0.6 is 0 Å². The molecule has 0 bridgehead atoms. The van der Waals surface area contributed by atoms with Crippen LogP contribution in [0.3, 0.4) is 0 Å². The first-order valence-corrected chi connectivity index (χ1v) is 12.8. The van der Waals surface area contributed by atoms with Gasteiger partial charge in [0.2, 0.25) is 5.91 Å². The summed E-state index contributed by atoms with van der Waals surface area (Å²) in [5, 5.41) is 0. The van der Waals surface area contributed by atoms with E-state index in [9.17, 15) is 13.2 Å². The quantitative estimate of drug-likeness (QED) is 0.608. The lowest BCUT2D eigenvalue weighted by atomic mass is 10.0. The molecule has 1 aliphatic heterocycles. The van der Waals surface area contributed by atoms with Crippen LogP contribution in [0.25, 0.3) is 0 Å². The highest BCUT2D eigenvalue weighted by molar-refractivity contribution is 7.91. The smallest absolute Gasteiger partial charge is 0.223 e. The molecule has 1 amide bonds. The van der Waals surface area contributed by atoms with E-state index in [1.54, 1.807) is 0 Å². The van der Waals surface area contributed by atoms with E-state index < -0.39 is 9.84 Å². The Balaban J connectivity index is 1.64. The number of nitrogens with zero attached hydrogens (tertiary/aromatic N) is 1. The van der Waals surface area contributed by atoms with Crippen molar-refractivity contribution in [3.63, 3.8) is 0 Å². The molecule has 3 rings (SSSR count). The van der Waals surface area contributed by atoms with E-state index in [0.717, 1.165) is 28.0 Å². The third-order valence-electron chi connectivity index (χ3n) is 5.88. The standard InChI is InChI=1S/C25H33NO4S/c1-5-26(24(27)14-22-9-10-31(28,29)17-22)15-23-12-19(3)25(20(4)13-23)30-16-21-8-6-7-18(2)11-21/h6-8,11-13,22H,5,9-10,14-17H2,1-4H3/t22-/m1/s1. The number of hydrogen-bond donors (Lipinski definition) is 0. The van der Waals surface area contributed by atoms with Crippen LogP contribution in [0, 0.1) is 26.7 Å². The molecule has 0 unspecified atom stereocenters. The zero-order valence-corrected chi connectivity index (χ0v) is 19.8. The fraction of sp³-hybridized carbons (Fsp3) is 0.480. The van der Waals surface area contributed by atoms with Crippen LogP contribution in [-0.2, 0) is 27.8 Å². The summed E-state index contributed by atoms with van der Waals surface area (Å²) < 4.78 is 29.5. The average Bonchev–Trinajstić information content (AvgIpc) is 3.03. The Morgan fingerprint density at radius 1 is 1.10 bits per heavy atom. The number of amides is 1. The molecule has 1 saturated heterocycles. The fourth-order valence-corrected chi connectivity index (χ4v) is 6.18. The molecule has 1 atom stereocenters. The normalized spacial score (nSPS) is 17.5. The van der Waals surface area contributed by atoms with Gasteiger partial charge in [-0.2, -0.15) is 0 Å². The van der Waals surface area contributed by atoms with Gasteiger partial charge in [0.05, 0.1) is 11.5 Å². The van der Waals surface area contributed by atoms with E-state index in [-0.39, 0.29) is 23.3 Å². The summed E-state index contributed by atoms with van der Waals surface area (Å²) in [7, 11) is -2.96. The van der Waals surface area contributed by atoms with Crippen LogP contribution in [0.15, 0.2) is 36.4 Å².